The first kappa shape index (κ1) is 12.8. The third-order valence-corrected chi connectivity index (χ3v) is 3.58. The van der Waals surface area contributed by atoms with Gasteiger partial charge in [-0.1, -0.05) is 36.4 Å². The summed E-state index contributed by atoms with van der Waals surface area (Å²) >= 11 is 0. The average molecular weight is 258 g/mol. The Balaban J connectivity index is 2.14. The fourth-order valence-electron chi connectivity index (χ4n) is 1.99. The molecule has 0 aliphatic heterocycles. The zero-order chi connectivity index (χ0) is 12.8. The normalized spacial score (nSPS) is 10.5. The molecule has 0 atom stereocenters. The molecule has 18 heavy (non-hydrogen) atoms. The summed E-state index contributed by atoms with van der Waals surface area (Å²) in [6.45, 7) is 0. The van der Waals surface area contributed by atoms with E-state index >= 15 is 0 Å². The third-order valence-electron chi connectivity index (χ3n) is 2.95. The van der Waals surface area contributed by atoms with E-state index < -0.39 is 0 Å². The van der Waals surface area contributed by atoms with Gasteiger partial charge in [-0.2, -0.15) is 0 Å². The zero-order valence-electron chi connectivity index (χ0n) is 10.3. The van der Waals surface area contributed by atoms with Crippen LogP contribution in [-0.2, 0) is 17.4 Å². The molecular formula is C15H15O2P. The minimum atomic E-state index is 0.0860. The van der Waals surface area contributed by atoms with E-state index in [1.165, 1.54) is 5.56 Å². The summed E-state index contributed by atoms with van der Waals surface area (Å²) in [5.74, 6) is 0.912. The fraction of sp³-hybridized carbons (Fsp3) is 0.200. The van der Waals surface area contributed by atoms with Crippen molar-refractivity contribution in [2.75, 3.05) is 7.11 Å². The van der Waals surface area contributed by atoms with Gasteiger partial charge >= 0.3 is 0 Å². The molecule has 0 radical (unpaired) electrons. The predicted octanol–water partition coefficient (Wildman–Crippen LogP) is 3.40. The Morgan fingerprint density at radius 3 is 2.28 bits per heavy atom. The minimum Gasteiger partial charge on any atom is -0.496 e. The highest BCUT2D eigenvalue weighted by Crippen LogP contribution is 2.19. The summed E-state index contributed by atoms with van der Waals surface area (Å²) in [7, 11) is 1.77. The quantitative estimate of drug-likeness (QED) is 0.768. The number of methoxy groups -OCH3 is 1. The molecule has 92 valence electrons. The summed E-state index contributed by atoms with van der Waals surface area (Å²) in [6.07, 6.45) is 1.75. The molecule has 0 aliphatic carbocycles. The summed E-state index contributed by atoms with van der Waals surface area (Å²) in [5, 5.41) is 0.868. The summed E-state index contributed by atoms with van der Waals surface area (Å²) < 4.78 is 16.4. The van der Waals surface area contributed by atoms with Crippen molar-refractivity contribution < 1.29 is 9.30 Å². The smallest absolute Gasteiger partial charge is 0.192 e. The van der Waals surface area contributed by atoms with Crippen molar-refractivity contribution >= 4 is 13.8 Å². The molecular weight excluding hydrogens is 243 g/mol. The number of hydrogen-bond acceptors (Lipinski definition) is 2. The van der Waals surface area contributed by atoms with Crippen LogP contribution in [0.2, 0.25) is 0 Å². The largest absolute Gasteiger partial charge is 0.496 e. The Morgan fingerprint density at radius 1 is 0.944 bits per heavy atom. The van der Waals surface area contributed by atoms with E-state index in [-0.39, 0.29) is 8.46 Å². The molecule has 2 aromatic rings. The second-order valence-corrected chi connectivity index (χ2v) is 4.70. The molecule has 0 spiro atoms. The molecule has 0 saturated heterocycles. The van der Waals surface area contributed by atoms with E-state index in [0.29, 0.717) is 0 Å². The number of ether oxygens (including phenoxy) is 1. The van der Waals surface area contributed by atoms with Gasteiger partial charge < -0.3 is 4.74 Å². The van der Waals surface area contributed by atoms with E-state index in [4.69, 9.17) is 4.74 Å². The van der Waals surface area contributed by atoms with Crippen LogP contribution in [0, 0.1) is 0 Å². The van der Waals surface area contributed by atoms with E-state index in [0.717, 1.165) is 29.5 Å². The minimum absolute atomic E-state index is 0.0860. The Kier molecular flexibility index (Phi) is 4.49. The van der Waals surface area contributed by atoms with Gasteiger partial charge in [-0.25, -0.2) is 0 Å². The maximum atomic E-state index is 11.0. The molecule has 0 unspecified atom stereocenters. The van der Waals surface area contributed by atoms with Crippen LogP contribution in [-0.4, -0.2) is 7.11 Å². The summed E-state index contributed by atoms with van der Waals surface area (Å²) in [4.78, 5) is 0. The molecule has 3 heteroatoms. The van der Waals surface area contributed by atoms with Crippen molar-refractivity contribution in [3.63, 3.8) is 0 Å². The van der Waals surface area contributed by atoms with Crippen LogP contribution in [0.3, 0.4) is 0 Å². The topological polar surface area (TPSA) is 26.3 Å². The fourth-order valence-corrected chi connectivity index (χ4v) is 2.44. The van der Waals surface area contributed by atoms with Gasteiger partial charge in [0, 0.05) is 5.30 Å². The van der Waals surface area contributed by atoms with Crippen LogP contribution < -0.4 is 10.0 Å². The van der Waals surface area contributed by atoms with Gasteiger partial charge in [-0.15, -0.1) is 0 Å². The van der Waals surface area contributed by atoms with Crippen molar-refractivity contribution in [1.29, 1.82) is 0 Å². The molecule has 0 bridgehead atoms. The zero-order valence-corrected chi connectivity index (χ0v) is 11.2. The van der Waals surface area contributed by atoms with Gasteiger partial charge in [0.15, 0.2) is 8.46 Å². The molecule has 0 N–H and O–H groups in total. The first-order chi connectivity index (χ1) is 8.85. The Hall–Kier alpha value is -1.66. The predicted molar refractivity (Wildman–Crippen MR) is 74.1 cm³/mol. The molecule has 0 saturated carbocycles. The lowest BCUT2D eigenvalue weighted by Gasteiger charge is -2.08. The molecule has 0 amide bonds. The maximum Gasteiger partial charge on any atom is 0.192 e. The number of para-hydroxylation sites is 1. The van der Waals surface area contributed by atoms with Gasteiger partial charge in [0.1, 0.15) is 5.75 Å². The third kappa shape index (κ3) is 2.96. The highest BCUT2D eigenvalue weighted by Gasteiger charge is 2.05. The van der Waals surface area contributed by atoms with Gasteiger partial charge in [-0.3, -0.25) is 4.57 Å². The highest BCUT2D eigenvalue weighted by atomic mass is 31.1. The Bertz CT molecular complexity index is 538. The molecule has 0 aromatic heterocycles. The first-order valence-electron chi connectivity index (χ1n) is 5.88. The van der Waals surface area contributed by atoms with E-state index in [2.05, 4.69) is 6.07 Å². The number of benzene rings is 2. The van der Waals surface area contributed by atoms with Crippen LogP contribution in [0.25, 0.3) is 0 Å². The van der Waals surface area contributed by atoms with Crippen LogP contribution >= 0.6 is 8.46 Å². The van der Waals surface area contributed by atoms with Crippen LogP contribution in [0.15, 0.2) is 48.5 Å². The molecule has 0 fully saturated rings. The lowest BCUT2D eigenvalue weighted by molar-refractivity contribution is 0.409. The lowest BCUT2D eigenvalue weighted by atomic mass is 10.0. The molecule has 0 heterocycles. The van der Waals surface area contributed by atoms with Crippen LogP contribution in [0.1, 0.15) is 11.1 Å². The van der Waals surface area contributed by atoms with Crippen molar-refractivity contribution in [2.24, 2.45) is 0 Å². The average Bonchev–Trinajstić information content (AvgIpc) is 2.45. The second kappa shape index (κ2) is 6.32. The molecule has 2 nitrogen and oxygen atoms in total. The number of rotatable bonds is 5. The molecule has 2 aromatic carbocycles. The van der Waals surface area contributed by atoms with E-state index in [1.807, 2.05) is 42.5 Å². The van der Waals surface area contributed by atoms with Crippen molar-refractivity contribution in [1.82, 2.24) is 0 Å². The van der Waals surface area contributed by atoms with Gasteiger partial charge in [0.05, 0.1) is 7.11 Å². The molecule has 0 aliphatic rings. The van der Waals surface area contributed by atoms with Crippen molar-refractivity contribution in [3.8, 4) is 5.75 Å². The second-order valence-electron chi connectivity index (χ2n) is 4.03. The number of aryl methyl sites for hydroxylation is 2. The van der Waals surface area contributed by atoms with Gasteiger partial charge in [0.2, 0.25) is 0 Å². The van der Waals surface area contributed by atoms with E-state index in [9.17, 15) is 4.57 Å². The Morgan fingerprint density at radius 2 is 1.56 bits per heavy atom. The van der Waals surface area contributed by atoms with Crippen molar-refractivity contribution in [2.45, 2.75) is 12.8 Å². The molecule has 2 rings (SSSR count). The Labute approximate surface area is 109 Å². The summed E-state index contributed by atoms with van der Waals surface area (Å²) in [6, 6.07) is 15.8. The van der Waals surface area contributed by atoms with Gasteiger partial charge in [0.25, 0.3) is 0 Å². The maximum absolute atomic E-state index is 11.0. The number of hydrogen-bond donors (Lipinski definition) is 0. The highest BCUT2D eigenvalue weighted by molar-refractivity contribution is 7.34. The first-order valence-corrected chi connectivity index (χ1v) is 6.69. The SMILES string of the molecule is COc1ccccc1CCc1ccccc1P=O. The lowest BCUT2D eigenvalue weighted by Crippen LogP contribution is -2.04. The summed E-state index contributed by atoms with van der Waals surface area (Å²) in [5.41, 5.74) is 2.30. The van der Waals surface area contributed by atoms with Gasteiger partial charge in [-0.05, 0) is 36.1 Å². The van der Waals surface area contributed by atoms with Crippen molar-refractivity contribution in [3.05, 3.63) is 59.7 Å². The standard InChI is InChI=1S/C15H15O2P/c1-17-14-8-4-2-6-12(14)10-11-13-7-3-5-9-15(13)18-16/h2-9H,10-11H2,1H3. The monoisotopic (exact) mass is 258 g/mol. The van der Waals surface area contributed by atoms with Crippen LogP contribution in [0.4, 0.5) is 0 Å². The van der Waals surface area contributed by atoms with E-state index in [1.54, 1.807) is 7.11 Å². The van der Waals surface area contributed by atoms with Crippen LogP contribution in [0.5, 0.6) is 5.75 Å².